The van der Waals surface area contributed by atoms with Crippen LogP contribution in [-0.4, -0.2) is 30.0 Å². The van der Waals surface area contributed by atoms with Gasteiger partial charge in [0.05, 0.1) is 6.54 Å². The molecule has 3 amide bonds. The minimum Gasteiger partial charge on any atom is -0.492 e. The lowest BCUT2D eigenvalue weighted by Crippen LogP contribution is -2.41. The van der Waals surface area contributed by atoms with E-state index in [9.17, 15) is 9.59 Å². The van der Waals surface area contributed by atoms with Crippen molar-refractivity contribution in [2.24, 2.45) is 0 Å². The molecule has 0 radical (unpaired) electrons. The summed E-state index contributed by atoms with van der Waals surface area (Å²) in [6.07, 6.45) is 0. The van der Waals surface area contributed by atoms with Crippen molar-refractivity contribution in [3.63, 3.8) is 0 Å². The molecule has 1 heterocycles. The van der Waals surface area contributed by atoms with E-state index in [1.807, 2.05) is 26.0 Å². The second-order valence-corrected chi connectivity index (χ2v) is 7.07. The van der Waals surface area contributed by atoms with E-state index in [1.165, 1.54) is 4.90 Å². The molecule has 1 aliphatic heterocycles. The third-order valence-electron chi connectivity index (χ3n) is 4.47. The summed E-state index contributed by atoms with van der Waals surface area (Å²) in [5, 5.41) is 3.19. The van der Waals surface area contributed by atoms with Crippen LogP contribution >= 0.6 is 11.6 Å². The average Bonchev–Trinajstić information content (AvgIpc) is 2.78. The summed E-state index contributed by atoms with van der Waals surface area (Å²) in [4.78, 5) is 26.4. The average molecular weight is 373 g/mol. The Labute approximate surface area is 157 Å². The van der Waals surface area contributed by atoms with Crippen LogP contribution in [0, 0.1) is 13.8 Å². The predicted octanol–water partition coefficient (Wildman–Crippen LogP) is 3.80. The molecular formula is C20H21ClN2O3. The summed E-state index contributed by atoms with van der Waals surface area (Å²) >= 11 is 6.22. The lowest BCUT2D eigenvalue weighted by molar-refractivity contribution is -0.131. The standard InChI is InChI=1S/C20H21ClN2O3/c1-13-10-14(2)12-15(11-13)26-9-8-23-18(24)20(3,22-19(23)25)16-6-4-5-7-17(16)21/h4-7,10-12H,8-9H2,1-3H3,(H,22,25)/t20-/m1/s1. The molecule has 3 rings (SSSR count). The van der Waals surface area contributed by atoms with Crippen LogP contribution in [-0.2, 0) is 10.3 Å². The van der Waals surface area contributed by atoms with Gasteiger partial charge in [-0.3, -0.25) is 9.69 Å². The van der Waals surface area contributed by atoms with E-state index < -0.39 is 11.6 Å². The summed E-state index contributed by atoms with van der Waals surface area (Å²) in [6.45, 7) is 6.04. The molecule has 1 saturated heterocycles. The van der Waals surface area contributed by atoms with Crippen LogP contribution in [0.25, 0.3) is 0 Å². The maximum atomic E-state index is 12.9. The Morgan fingerprint density at radius 2 is 1.77 bits per heavy atom. The highest BCUT2D eigenvalue weighted by Gasteiger charge is 2.49. The lowest BCUT2D eigenvalue weighted by Gasteiger charge is -2.23. The highest BCUT2D eigenvalue weighted by Crippen LogP contribution is 2.33. The number of benzene rings is 2. The van der Waals surface area contributed by atoms with Crippen molar-refractivity contribution in [2.75, 3.05) is 13.2 Å². The topological polar surface area (TPSA) is 58.6 Å². The van der Waals surface area contributed by atoms with E-state index in [4.69, 9.17) is 16.3 Å². The highest BCUT2D eigenvalue weighted by molar-refractivity contribution is 6.32. The Kier molecular flexibility index (Phi) is 4.92. The van der Waals surface area contributed by atoms with Gasteiger partial charge in [-0.15, -0.1) is 0 Å². The summed E-state index contributed by atoms with van der Waals surface area (Å²) in [5.41, 5.74) is 1.61. The number of imide groups is 1. The second-order valence-electron chi connectivity index (χ2n) is 6.66. The van der Waals surface area contributed by atoms with Gasteiger partial charge in [-0.05, 0) is 50.1 Å². The fourth-order valence-corrected chi connectivity index (χ4v) is 3.55. The predicted molar refractivity (Wildman–Crippen MR) is 100 cm³/mol. The van der Waals surface area contributed by atoms with E-state index >= 15 is 0 Å². The van der Waals surface area contributed by atoms with Crippen molar-refractivity contribution in [1.29, 1.82) is 0 Å². The van der Waals surface area contributed by atoms with E-state index in [0.29, 0.717) is 10.6 Å². The second kappa shape index (κ2) is 7.00. The van der Waals surface area contributed by atoms with Crippen molar-refractivity contribution in [3.05, 3.63) is 64.2 Å². The van der Waals surface area contributed by atoms with Crippen LogP contribution < -0.4 is 10.1 Å². The number of ether oxygens (including phenoxy) is 1. The summed E-state index contributed by atoms with van der Waals surface area (Å²) in [7, 11) is 0. The smallest absolute Gasteiger partial charge is 0.325 e. The molecular weight excluding hydrogens is 352 g/mol. The number of rotatable bonds is 5. The molecule has 0 bridgehead atoms. The molecule has 136 valence electrons. The quantitative estimate of drug-likeness (QED) is 0.812. The van der Waals surface area contributed by atoms with Gasteiger partial charge in [-0.2, -0.15) is 0 Å². The number of nitrogens with one attached hydrogen (secondary N) is 1. The molecule has 1 N–H and O–H groups in total. The zero-order valence-electron chi connectivity index (χ0n) is 15.0. The van der Waals surface area contributed by atoms with E-state index in [0.717, 1.165) is 16.9 Å². The molecule has 1 aliphatic rings. The normalized spacial score (nSPS) is 19.6. The largest absolute Gasteiger partial charge is 0.492 e. The van der Waals surface area contributed by atoms with Crippen molar-refractivity contribution in [3.8, 4) is 5.75 Å². The molecule has 0 aromatic heterocycles. The van der Waals surface area contributed by atoms with E-state index in [1.54, 1.807) is 31.2 Å². The zero-order chi connectivity index (χ0) is 18.9. The van der Waals surface area contributed by atoms with Gasteiger partial charge >= 0.3 is 6.03 Å². The first-order valence-electron chi connectivity index (χ1n) is 8.41. The fraction of sp³-hybridized carbons (Fsp3) is 0.300. The summed E-state index contributed by atoms with van der Waals surface area (Å²) in [6, 6.07) is 12.5. The number of hydrogen-bond acceptors (Lipinski definition) is 3. The van der Waals surface area contributed by atoms with Gasteiger partial charge in [0.15, 0.2) is 0 Å². The lowest BCUT2D eigenvalue weighted by atomic mass is 9.92. The maximum absolute atomic E-state index is 12.9. The molecule has 0 saturated carbocycles. The van der Waals surface area contributed by atoms with Crippen LogP contribution in [0.2, 0.25) is 5.02 Å². The molecule has 5 nitrogen and oxygen atoms in total. The number of nitrogens with zero attached hydrogens (tertiary/aromatic N) is 1. The Morgan fingerprint density at radius 1 is 1.12 bits per heavy atom. The van der Waals surface area contributed by atoms with Gasteiger partial charge < -0.3 is 10.1 Å². The Balaban J connectivity index is 1.70. The minimum atomic E-state index is -1.17. The molecule has 0 spiro atoms. The van der Waals surface area contributed by atoms with Crippen LogP contribution in [0.15, 0.2) is 42.5 Å². The Bertz CT molecular complexity index is 848. The SMILES string of the molecule is Cc1cc(C)cc(OCCN2C(=O)N[C@](C)(c3ccccc3Cl)C2=O)c1. The van der Waals surface area contributed by atoms with Gasteiger partial charge in [0.1, 0.15) is 17.9 Å². The monoisotopic (exact) mass is 372 g/mol. The highest BCUT2D eigenvalue weighted by atomic mass is 35.5. The van der Waals surface area contributed by atoms with Crippen LogP contribution in [0.5, 0.6) is 5.75 Å². The first-order valence-corrected chi connectivity index (χ1v) is 8.79. The number of amides is 3. The van der Waals surface area contributed by atoms with Gasteiger partial charge in [-0.25, -0.2) is 4.79 Å². The molecule has 2 aromatic carbocycles. The maximum Gasteiger partial charge on any atom is 0.325 e. The number of carbonyl (C=O) groups is 2. The minimum absolute atomic E-state index is 0.164. The van der Waals surface area contributed by atoms with Crippen LogP contribution in [0.4, 0.5) is 4.79 Å². The van der Waals surface area contributed by atoms with Crippen molar-refractivity contribution in [1.82, 2.24) is 10.2 Å². The summed E-state index contributed by atoms with van der Waals surface area (Å²) < 4.78 is 5.72. The van der Waals surface area contributed by atoms with Gasteiger partial charge in [0.2, 0.25) is 0 Å². The van der Waals surface area contributed by atoms with Crippen molar-refractivity contribution in [2.45, 2.75) is 26.3 Å². The first kappa shape index (κ1) is 18.3. The number of halogens is 1. The number of carbonyl (C=O) groups excluding carboxylic acids is 2. The molecule has 1 atom stereocenters. The van der Waals surface area contributed by atoms with Crippen molar-refractivity contribution < 1.29 is 14.3 Å². The third-order valence-corrected chi connectivity index (χ3v) is 4.80. The first-order chi connectivity index (χ1) is 12.3. The number of hydrogen-bond donors (Lipinski definition) is 1. The van der Waals surface area contributed by atoms with Gasteiger partial charge in [0, 0.05) is 10.6 Å². The third kappa shape index (κ3) is 3.40. The summed E-state index contributed by atoms with van der Waals surface area (Å²) in [5.74, 6) is 0.392. The van der Waals surface area contributed by atoms with Crippen LogP contribution in [0.3, 0.4) is 0 Å². The molecule has 0 unspecified atom stereocenters. The molecule has 2 aromatic rings. The Morgan fingerprint density at radius 3 is 2.42 bits per heavy atom. The molecule has 1 fully saturated rings. The molecule has 26 heavy (non-hydrogen) atoms. The number of aryl methyl sites for hydroxylation is 2. The van der Waals surface area contributed by atoms with Crippen LogP contribution in [0.1, 0.15) is 23.6 Å². The zero-order valence-corrected chi connectivity index (χ0v) is 15.8. The molecule has 6 heteroatoms. The fourth-order valence-electron chi connectivity index (χ4n) is 3.22. The van der Waals surface area contributed by atoms with E-state index in [-0.39, 0.29) is 19.1 Å². The van der Waals surface area contributed by atoms with Gasteiger partial charge in [0.25, 0.3) is 5.91 Å². The van der Waals surface area contributed by atoms with E-state index in [2.05, 4.69) is 11.4 Å². The number of urea groups is 1. The molecule has 0 aliphatic carbocycles. The Hall–Kier alpha value is -2.53. The van der Waals surface area contributed by atoms with Crippen molar-refractivity contribution >= 4 is 23.5 Å². The van der Waals surface area contributed by atoms with Gasteiger partial charge in [-0.1, -0.05) is 35.9 Å².